The molecule has 1 atom stereocenters. The van der Waals surface area contributed by atoms with Gasteiger partial charge in [0, 0.05) is 5.69 Å². The Morgan fingerprint density at radius 2 is 1.74 bits per heavy atom. The van der Waals surface area contributed by atoms with Crippen molar-refractivity contribution in [2.75, 3.05) is 5.32 Å². The fourth-order valence-corrected chi connectivity index (χ4v) is 3.14. The maximum absolute atomic E-state index is 13.0. The number of nitrogens with one attached hydrogen (secondary N) is 1. The third-order valence-corrected chi connectivity index (χ3v) is 4.48. The van der Waals surface area contributed by atoms with Crippen LogP contribution >= 0.6 is 0 Å². The van der Waals surface area contributed by atoms with E-state index in [2.05, 4.69) is 5.32 Å². The van der Waals surface area contributed by atoms with Crippen LogP contribution < -0.4 is 5.32 Å². The summed E-state index contributed by atoms with van der Waals surface area (Å²) >= 11 is 0. The second-order valence-corrected chi connectivity index (χ2v) is 6.22. The van der Waals surface area contributed by atoms with Gasteiger partial charge in [-0.05, 0) is 42.0 Å². The average molecular weight is 372 g/mol. The summed E-state index contributed by atoms with van der Waals surface area (Å²) in [6.07, 6.45) is -3.51. The molecule has 1 amide bonds. The van der Waals surface area contributed by atoms with Crippen LogP contribution in [0.5, 0.6) is 0 Å². The Labute approximate surface area is 153 Å². The first-order valence-corrected chi connectivity index (χ1v) is 8.29. The van der Waals surface area contributed by atoms with Crippen LogP contribution in [0.4, 0.5) is 18.9 Å². The molecule has 0 fully saturated rings. The van der Waals surface area contributed by atoms with E-state index in [1.165, 1.54) is 18.4 Å². The van der Waals surface area contributed by atoms with Gasteiger partial charge < -0.3 is 14.6 Å². The highest BCUT2D eigenvalue weighted by Crippen LogP contribution is 2.36. The molecule has 0 radical (unpaired) electrons. The van der Waals surface area contributed by atoms with Crippen LogP contribution in [0.3, 0.4) is 0 Å². The third-order valence-electron chi connectivity index (χ3n) is 4.48. The number of hydrogen-bond acceptors (Lipinski definition) is 3. The van der Waals surface area contributed by atoms with E-state index in [-0.39, 0.29) is 12.5 Å². The Bertz CT molecular complexity index is 950. The maximum atomic E-state index is 13.0. The number of halogens is 3. The number of rotatable bonds is 3. The number of benzene rings is 2. The monoisotopic (exact) mass is 372 g/mol. The number of para-hydroxylation sites is 1. The summed E-state index contributed by atoms with van der Waals surface area (Å²) in [5.74, 6) is 0.368. The smallest absolute Gasteiger partial charge is 0.416 e. The van der Waals surface area contributed by atoms with Gasteiger partial charge in [-0.1, -0.05) is 24.3 Å². The van der Waals surface area contributed by atoms with E-state index in [1.54, 1.807) is 41.3 Å². The van der Waals surface area contributed by atoms with Crippen molar-refractivity contribution in [1.82, 2.24) is 4.90 Å². The van der Waals surface area contributed by atoms with Crippen molar-refractivity contribution in [3.63, 3.8) is 0 Å². The van der Waals surface area contributed by atoms with Gasteiger partial charge in [-0.3, -0.25) is 4.79 Å². The lowest BCUT2D eigenvalue weighted by Gasteiger charge is -2.37. The van der Waals surface area contributed by atoms with Crippen LogP contribution in [0.15, 0.2) is 71.3 Å². The highest BCUT2D eigenvalue weighted by molar-refractivity contribution is 6.01. The highest BCUT2D eigenvalue weighted by atomic mass is 19.4. The molecule has 1 N–H and O–H groups in total. The summed E-state index contributed by atoms with van der Waals surface area (Å²) < 4.78 is 43.9. The molecule has 2 aromatic carbocycles. The second-order valence-electron chi connectivity index (χ2n) is 6.22. The summed E-state index contributed by atoms with van der Waals surface area (Å²) in [4.78, 5) is 14.6. The number of alkyl halides is 3. The molecule has 0 saturated carbocycles. The van der Waals surface area contributed by atoms with Gasteiger partial charge in [0.25, 0.3) is 5.91 Å². The number of hydrogen-bond donors (Lipinski definition) is 1. The standard InChI is InChI=1S/C20H15F3N2O2/c21-20(22,23)14-9-7-13(8-10-14)18-24-17-6-2-1-5-16(17)19(26)25(18)12-15-4-3-11-27-15/h1-11,18,24H,12H2. The summed E-state index contributed by atoms with van der Waals surface area (Å²) in [6.45, 7) is 0.193. The maximum Gasteiger partial charge on any atom is 0.416 e. The van der Waals surface area contributed by atoms with E-state index >= 15 is 0 Å². The molecule has 1 aromatic heterocycles. The molecule has 0 bridgehead atoms. The number of furan rings is 1. The first kappa shape index (κ1) is 17.2. The molecule has 1 aliphatic heterocycles. The summed E-state index contributed by atoms with van der Waals surface area (Å²) in [5.41, 5.74) is 0.971. The molecule has 2 heterocycles. The van der Waals surface area contributed by atoms with Crippen LogP contribution in [0.1, 0.15) is 33.4 Å². The van der Waals surface area contributed by atoms with Crippen molar-refractivity contribution in [2.45, 2.75) is 18.9 Å². The van der Waals surface area contributed by atoms with Crippen LogP contribution in [0, 0.1) is 0 Å². The summed E-state index contributed by atoms with van der Waals surface area (Å²) in [5, 5.41) is 3.25. The van der Waals surface area contributed by atoms with Gasteiger partial charge in [0.05, 0.1) is 23.9 Å². The van der Waals surface area contributed by atoms with Crippen LogP contribution in [0.25, 0.3) is 0 Å². The summed E-state index contributed by atoms with van der Waals surface area (Å²) in [6, 6.07) is 15.3. The first-order valence-electron chi connectivity index (χ1n) is 8.29. The van der Waals surface area contributed by atoms with Gasteiger partial charge in [-0.25, -0.2) is 0 Å². The topological polar surface area (TPSA) is 45.5 Å². The number of anilines is 1. The molecular formula is C20H15F3N2O2. The predicted molar refractivity (Wildman–Crippen MR) is 92.8 cm³/mol. The van der Waals surface area contributed by atoms with Gasteiger partial charge in [0.1, 0.15) is 11.9 Å². The molecule has 3 aromatic rings. The molecule has 0 aliphatic carbocycles. The van der Waals surface area contributed by atoms with Crippen molar-refractivity contribution >= 4 is 11.6 Å². The van der Waals surface area contributed by atoms with Crippen LogP contribution in [-0.4, -0.2) is 10.8 Å². The lowest BCUT2D eigenvalue weighted by atomic mass is 10.0. The van der Waals surface area contributed by atoms with Gasteiger partial charge >= 0.3 is 6.18 Å². The molecule has 138 valence electrons. The second kappa shape index (κ2) is 6.50. The van der Waals surface area contributed by atoms with Crippen molar-refractivity contribution in [2.24, 2.45) is 0 Å². The molecule has 4 rings (SSSR count). The van der Waals surface area contributed by atoms with Crippen LogP contribution in [-0.2, 0) is 12.7 Å². The fourth-order valence-electron chi connectivity index (χ4n) is 3.14. The molecule has 1 aliphatic rings. The van der Waals surface area contributed by atoms with Gasteiger partial charge in [0.15, 0.2) is 0 Å². The Kier molecular flexibility index (Phi) is 4.14. The van der Waals surface area contributed by atoms with Crippen molar-refractivity contribution in [3.05, 3.63) is 89.4 Å². The minimum atomic E-state index is -4.41. The number of carbonyl (C=O) groups is 1. The number of nitrogens with zero attached hydrogens (tertiary/aromatic N) is 1. The number of fused-ring (bicyclic) bond motifs is 1. The molecule has 27 heavy (non-hydrogen) atoms. The Balaban J connectivity index is 1.72. The van der Waals surface area contributed by atoms with E-state index in [0.29, 0.717) is 22.6 Å². The zero-order chi connectivity index (χ0) is 19.0. The minimum absolute atomic E-state index is 0.193. The molecule has 0 saturated heterocycles. The lowest BCUT2D eigenvalue weighted by Crippen LogP contribution is -2.42. The fraction of sp³-hybridized carbons (Fsp3) is 0.150. The van der Waals surface area contributed by atoms with E-state index in [0.717, 1.165) is 12.1 Å². The normalized spacial score (nSPS) is 16.8. The van der Waals surface area contributed by atoms with Gasteiger partial charge in [-0.15, -0.1) is 0 Å². The van der Waals surface area contributed by atoms with Gasteiger partial charge in [0.2, 0.25) is 0 Å². The van der Waals surface area contributed by atoms with Crippen molar-refractivity contribution in [1.29, 1.82) is 0 Å². The molecule has 4 nitrogen and oxygen atoms in total. The van der Waals surface area contributed by atoms with E-state index in [9.17, 15) is 18.0 Å². The van der Waals surface area contributed by atoms with E-state index in [1.807, 2.05) is 0 Å². The first-order chi connectivity index (χ1) is 12.9. The Morgan fingerprint density at radius 1 is 1.00 bits per heavy atom. The summed E-state index contributed by atoms with van der Waals surface area (Å²) in [7, 11) is 0. The third kappa shape index (κ3) is 3.28. The Hall–Kier alpha value is -3.22. The molecule has 1 unspecified atom stereocenters. The van der Waals surface area contributed by atoms with Gasteiger partial charge in [-0.2, -0.15) is 13.2 Å². The minimum Gasteiger partial charge on any atom is -0.467 e. The lowest BCUT2D eigenvalue weighted by molar-refractivity contribution is -0.137. The highest BCUT2D eigenvalue weighted by Gasteiger charge is 2.34. The molecular weight excluding hydrogens is 357 g/mol. The molecule has 7 heteroatoms. The predicted octanol–water partition coefficient (Wildman–Crippen LogP) is 5.07. The number of amides is 1. The zero-order valence-electron chi connectivity index (χ0n) is 14.0. The SMILES string of the molecule is O=C1c2ccccc2NC(c2ccc(C(F)(F)F)cc2)N1Cc1ccco1. The van der Waals surface area contributed by atoms with Crippen molar-refractivity contribution < 1.29 is 22.4 Å². The quantitative estimate of drug-likeness (QED) is 0.699. The Morgan fingerprint density at radius 3 is 2.41 bits per heavy atom. The average Bonchev–Trinajstić information content (AvgIpc) is 3.16. The van der Waals surface area contributed by atoms with E-state index in [4.69, 9.17) is 4.42 Å². The molecule has 0 spiro atoms. The van der Waals surface area contributed by atoms with E-state index < -0.39 is 17.9 Å². The van der Waals surface area contributed by atoms with Crippen LogP contribution in [0.2, 0.25) is 0 Å². The largest absolute Gasteiger partial charge is 0.467 e. The van der Waals surface area contributed by atoms with Crippen molar-refractivity contribution in [3.8, 4) is 0 Å². The number of carbonyl (C=O) groups excluding carboxylic acids is 1. The zero-order valence-corrected chi connectivity index (χ0v) is 14.0.